The molecule has 29 heavy (non-hydrogen) atoms. The Bertz CT molecular complexity index is 1110. The summed E-state index contributed by atoms with van der Waals surface area (Å²) in [6.45, 7) is 2.71. The molecule has 3 heterocycles. The van der Waals surface area contributed by atoms with E-state index < -0.39 is 11.9 Å². The van der Waals surface area contributed by atoms with Crippen LogP contribution in [0.1, 0.15) is 23.4 Å². The van der Waals surface area contributed by atoms with Crippen LogP contribution in [0, 0.1) is 12.8 Å². The number of thiazole rings is 1. The summed E-state index contributed by atoms with van der Waals surface area (Å²) in [5.41, 5.74) is 2.20. The van der Waals surface area contributed by atoms with Gasteiger partial charge in [0.1, 0.15) is 6.61 Å². The molecule has 0 bridgehead atoms. The van der Waals surface area contributed by atoms with Crippen molar-refractivity contribution in [1.29, 1.82) is 0 Å². The molecule has 1 aliphatic heterocycles. The summed E-state index contributed by atoms with van der Waals surface area (Å²) < 4.78 is 6.88. The van der Waals surface area contributed by atoms with E-state index in [0.29, 0.717) is 23.7 Å². The fourth-order valence-corrected chi connectivity index (χ4v) is 4.38. The van der Waals surface area contributed by atoms with Gasteiger partial charge < -0.3 is 9.64 Å². The molecule has 1 aliphatic rings. The Morgan fingerprint density at radius 3 is 2.86 bits per heavy atom. The monoisotopic (exact) mass is 411 g/mol. The van der Waals surface area contributed by atoms with Crippen LogP contribution < -0.4 is 5.56 Å². The van der Waals surface area contributed by atoms with E-state index in [2.05, 4.69) is 4.98 Å². The maximum atomic E-state index is 12.4. The number of aryl methyl sites for hydroxylation is 1. The van der Waals surface area contributed by atoms with Gasteiger partial charge in [-0.3, -0.25) is 18.8 Å². The lowest BCUT2D eigenvalue weighted by molar-refractivity contribution is -0.149. The molecular formula is C21H21N3O4S. The number of nitrogens with zero attached hydrogens (tertiary/aromatic N) is 3. The van der Waals surface area contributed by atoms with Crippen molar-refractivity contribution in [3.63, 3.8) is 0 Å². The van der Waals surface area contributed by atoms with Crippen LogP contribution in [0.4, 0.5) is 0 Å². The molecule has 1 atom stereocenters. The van der Waals surface area contributed by atoms with E-state index in [1.54, 1.807) is 4.90 Å². The van der Waals surface area contributed by atoms with Crippen LogP contribution in [0.3, 0.4) is 0 Å². The highest BCUT2D eigenvalue weighted by Gasteiger charge is 2.35. The lowest BCUT2D eigenvalue weighted by Gasteiger charge is -2.16. The SMILES string of the molecule is Cc1csc2nc(COC(=O)[C@@H]3CC(=O)N(CCc4ccccc4)C3)cc(=O)n12. The maximum absolute atomic E-state index is 12.4. The van der Waals surface area contributed by atoms with E-state index in [1.165, 1.54) is 21.8 Å². The first kappa shape index (κ1) is 19.3. The average Bonchev–Trinajstić information content (AvgIpc) is 3.28. The number of esters is 1. The average molecular weight is 411 g/mol. The molecule has 1 amide bonds. The third kappa shape index (κ3) is 4.22. The number of ether oxygens (including phenoxy) is 1. The third-order valence-corrected chi connectivity index (χ3v) is 6.00. The summed E-state index contributed by atoms with van der Waals surface area (Å²) in [6.07, 6.45) is 0.912. The predicted octanol–water partition coefficient (Wildman–Crippen LogP) is 2.20. The molecule has 7 nitrogen and oxygen atoms in total. The Morgan fingerprint density at radius 1 is 1.28 bits per heavy atom. The topological polar surface area (TPSA) is 81.0 Å². The zero-order chi connectivity index (χ0) is 20.4. The first-order chi connectivity index (χ1) is 14.0. The van der Waals surface area contributed by atoms with Gasteiger partial charge in [-0.2, -0.15) is 0 Å². The van der Waals surface area contributed by atoms with Crippen LogP contribution in [0.2, 0.25) is 0 Å². The predicted molar refractivity (Wildman–Crippen MR) is 109 cm³/mol. The number of carbonyl (C=O) groups excluding carboxylic acids is 2. The smallest absolute Gasteiger partial charge is 0.311 e. The van der Waals surface area contributed by atoms with Gasteiger partial charge in [0, 0.05) is 36.7 Å². The second-order valence-electron chi connectivity index (χ2n) is 7.16. The van der Waals surface area contributed by atoms with Crippen LogP contribution >= 0.6 is 11.3 Å². The zero-order valence-corrected chi connectivity index (χ0v) is 16.9. The van der Waals surface area contributed by atoms with Crippen molar-refractivity contribution < 1.29 is 14.3 Å². The quantitative estimate of drug-likeness (QED) is 0.581. The number of fused-ring (bicyclic) bond motifs is 1. The summed E-state index contributed by atoms with van der Waals surface area (Å²) in [6, 6.07) is 11.3. The van der Waals surface area contributed by atoms with Gasteiger partial charge in [-0.15, -0.1) is 11.3 Å². The van der Waals surface area contributed by atoms with Crippen LogP contribution in [0.15, 0.2) is 46.6 Å². The molecule has 0 aliphatic carbocycles. The summed E-state index contributed by atoms with van der Waals surface area (Å²) >= 11 is 1.37. The molecule has 2 aromatic heterocycles. The molecule has 150 valence electrons. The second kappa shape index (κ2) is 8.16. The Balaban J connectivity index is 1.33. The molecule has 0 spiro atoms. The van der Waals surface area contributed by atoms with Crippen LogP contribution in [-0.2, 0) is 27.4 Å². The largest absolute Gasteiger partial charge is 0.459 e. The molecule has 3 aromatic rings. The van der Waals surface area contributed by atoms with Crippen molar-refractivity contribution in [2.24, 2.45) is 5.92 Å². The summed E-state index contributed by atoms with van der Waals surface area (Å²) in [5, 5.41) is 1.85. The highest BCUT2D eigenvalue weighted by molar-refractivity contribution is 7.15. The molecule has 1 saturated heterocycles. The number of hydrogen-bond acceptors (Lipinski definition) is 6. The first-order valence-corrected chi connectivity index (χ1v) is 10.3. The van der Waals surface area contributed by atoms with Gasteiger partial charge in [0.2, 0.25) is 5.91 Å². The number of rotatable bonds is 6. The van der Waals surface area contributed by atoms with E-state index in [-0.39, 0.29) is 24.5 Å². The fourth-order valence-electron chi connectivity index (χ4n) is 3.49. The normalized spacial score (nSPS) is 16.5. The van der Waals surface area contributed by atoms with E-state index in [4.69, 9.17) is 4.74 Å². The third-order valence-electron chi connectivity index (χ3n) is 5.05. The van der Waals surface area contributed by atoms with Crippen molar-refractivity contribution in [1.82, 2.24) is 14.3 Å². The molecule has 0 unspecified atom stereocenters. The molecule has 1 fully saturated rings. The van der Waals surface area contributed by atoms with E-state index in [0.717, 1.165) is 17.7 Å². The minimum atomic E-state index is -0.480. The van der Waals surface area contributed by atoms with Crippen molar-refractivity contribution in [2.45, 2.75) is 26.4 Å². The number of likely N-dealkylation sites (tertiary alicyclic amines) is 1. The summed E-state index contributed by atoms with van der Waals surface area (Å²) in [5.74, 6) is -0.938. The Kier molecular flexibility index (Phi) is 5.44. The van der Waals surface area contributed by atoms with Gasteiger partial charge in [0.25, 0.3) is 5.56 Å². The van der Waals surface area contributed by atoms with Gasteiger partial charge in [0.05, 0.1) is 11.6 Å². The second-order valence-corrected chi connectivity index (χ2v) is 8.00. The Morgan fingerprint density at radius 2 is 2.07 bits per heavy atom. The van der Waals surface area contributed by atoms with Crippen molar-refractivity contribution in [2.75, 3.05) is 13.1 Å². The highest BCUT2D eigenvalue weighted by Crippen LogP contribution is 2.20. The fraction of sp³-hybridized carbons (Fsp3) is 0.333. The van der Waals surface area contributed by atoms with Gasteiger partial charge >= 0.3 is 5.97 Å². The molecule has 4 rings (SSSR count). The molecule has 1 aromatic carbocycles. The maximum Gasteiger partial charge on any atom is 0.311 e. The van der Waals surface area contributed by atoms with E-state index in [1.807, 2.05) is 42.6 Å². The molecule has 0 radical (unpaired) electrons. The molecule has 8 heteroatoms. The number of benzene rings is 1. The van der Waals surface area contributed by atoms with E-state index in [9.17, 15) is 14.4 Å². The van der Waals surface area contributed by atoms with Gasteiger partial charge in [-0.1, -0.05) is 30.3 Å². The van der Waals surface area contributed by atoms with Crippen molar-refractivity contribution in [3.05, 3.63) is 69.1 Å². The van der Waals surface area contributed by atoms with Gasteiger partial charge in [-0.25, -0.2) is 4.98 Å². The Labute approximate surface area is 171 Å². The number of carbonyl (C=O) groups is 2. The van der Waals surface area contributed by atoms with Crippen LogP contribution in [-0.4, -0.2) is 39.3 Å². The zero-order valence-electron chi connectivity index (χ0n) is 16.0. The lowest BCUT2D eigenvalue weighted by Crippen LogP contribution is -2.29. The van der Waals surface area contributed by atoms with Crippen molar-refractivity contribution >= 4 is 28.2 Å². The highest BCUT2D eigenvalue weighted by atomic mass is 32.1. The summed E-state index contributed by atoms with van der Waals surface area (Å²) in [7, 11) is 0. The number of aromatic nitrogens is 2. The first-order valence-electron chi connectivity index (χ1n) is 9.46. The lowest BCUT2D eigenvalue weighted by atomic mass is 10.1. The minimum Gasteiger partial charge on any atom is -0.459 e. The molecule has 0 saturated carbocycles. The summed E-state index contributed by atoms with van der Waals surface area (Å²) in [4.78, 5) is 43.5. The van der Waals surface area contributed by atoms with Crippen LogP contribution in [0.5, 0.6) is 0 Å². The number of hydrogen-bond donors (Lipinski definition) is 0. The van der Waals surface area contributed by atoms with Gasteiger partial charge in [-0.05, 0) is 18.9 Å². The molecular weight excluding hydrogens is 390 g/mol. The van der Waals surface area contributed by atoms with Gasteiger partial charge in [0.15, 0.2) is 4.96 Å². The van der Waals surface area contributed by atoms with E-state index >= 15 is 0 Å². The standard InChI is InChI=1S/C21H21N3O4S/c1-14-13-29-21-22-17(10-19(26)24(14)21)12-28-20(27)16-9-18(25)23(11-16)8-7-15-5-3-2-4-6-15/h2-6,10,13,16H,7-9,11-12H2,1H3/t16-/m1/s1. The Hall–Kier alpha value is -3.00. The minimum absolute atomic E-state index is 0.0327. The van der Waals surface area contributed by atoms with Crippen LogP contribution in [0.25, 0.3) is 4.96 Å². The molecule has 0 N–H and O–H groups in total. The van der Waals surface area contributed by atoms with Crippen molar-refractivity contribution in [3.8, 4) is 0 Å². The number of amides is 1.